The first-order valence-corrected chi connectivity index (χ1v) is 6.81. The molecule has 0 atom stereocenters. The SMILES string of the molecule is C=C1COCCN1S(=O)(=O)c1ccc(C)cc1. The van der Waals surface area contributed by atoms with Crippen LogP contribution in [0.2, 0.25) is 0 Å². The van der Waals surface area contributed by atoms with Crippen LogP contribution in [0.15, 0.2) is 41.4 Å². The number of ether oxygens (including phenoxy) is 1. The average Bonchev–Trinajstić information content (AvgIpc) is 2.30. The maximum atomic E-state index is 12.3. The first-order valence-electron chi connectivity index (χ1n) is 5.37. The third-order valence-electron chi connectivity index (χ3n) is 2.67. The molecular formula is C12H15NO3S. The zero-order chi connectivity index (χ0) is 12.5. The summed E-state index contributed by atoms with van der Waals surface area (Å²) in [5.74, 6) is 0. The van der Waals surface area contributed by atoms with Crippen LogP contribution in [-0.2, 0) is 14.8 Å². The van der Waals surface area contributed by atoms with E-state index in [1.807, 2.05) is 6.92 Å². The van der Waals surface area contributed by atoms with Gasteiger partial charge in [0.15, 0.2) is 0 Å². The maximum Gasteiger partial charge on any atom is 0.264 e. The van der Waals surface area contributed by atoms with E-state index in [9.17, 15) is 8.42 Å². The molecule has 0 bridgehead atoms. The molecule has 0 aromatic heterocycles. The number of hydrogen-bond acceptors (Lipinski definition) is 3. The summed E-state index contributed by atoms with van der Waals surface area (Å²) in [5, 5.41) is 0. The minimum atomic E-state index is -3.47. The number of sulfonamides is 1. The fourth-order valence-corrected chi connectivity index (χ4v) is 3.14. The van der Waals surface area contributed by atoms with Crippen molar-refractivity contribution in [2.75, 3.05) is 19.8 Å². The van der Waals surface area contributed by atoms with Gasteiger partial charge in [0.1, 0.15) is 0 Å². The van der Waals surface area contributed by atoms with E-state index >= 15 is 0 Å². The predicted molar refractivity (Wildman–Crippen MR) is 65.0 cm³/mol. The Morgan fingerprint density at radius 2 is 1.94 bits per heavy atom. The van der Waals surface area contributed by atoms with Gasteiger partial charge in [-0.3, -0.25) is 4.31 Å². The molecule has 0 aliphatic carbocycles. The van der Waals surface area contributed by atoms with Gasteiger partial charge in [0.2, 0.25) is 0 Å². The third-order valence-corrected chi connectivity index (χ3v) is 4.56. The number of nitrogens with zero attached hydrogens (tertiary/aromatic N) is 1. The summed E-state index contributed by atoms with van der Waals surface area (Å²) >= 11 is 0. The molecule has 1 aromatic carbocycles. The second-order valence-electron chi connectivity index (χ2n) is 4.01. The van der Waals surface area contributed by atoms with Crippen LogP contribution in [0.5, 0.6) is 0 Å². The van der Waals surface area contributed by atoms with Crippen molar-refractivity contribution in [2.45, 2.75) is 11.8 Å². The molecular weight excluding hydrogens is 238 g/mol. The van der Waals surface area contributed by atoms with E-state index in [-0.39, 0.29) is 6.61 Å². The monoisotopic (exact) mass is 253 g/mol. The van der Waals surface area contributed by atoms with Gasteiger partial charge < -0.3 is 4.74 Å². The molecule has 1 fully saturated rings. The van der Waals surface area contributed by atoms with Gasteiger partial charge in [0, 0.05) is 5.70 Å². The molecule has 0 spiro atoms. The lowest BCUT2D eigenvalue weighted by atomic mass is 10.2. The Balaban J connectivity index is 2.35. The van der Waals surface area contributed by atoms with E-state index in [0.717, 1.165) is 5.56 Å². The van der Waals surface area contributed by atoms with Crippen LogP contribution in [-0.4, -0.2) is 32.5 Å². The van der Waals surface area contributed by atoms with Gasteiger partial charge in [-0.05, 0) is 19.1 Å². The Labute approximate surface area is 102 Å². The van der Waals surface area contributed by atoms with E-state index in [1.165, 1.54) is 4.31 Å². The first-order chi connectivity index (χ1) is 8.01. The normalized spacial score (nSPS) is 17.2. The number of benzene rings is 1. The van der Waals surface area contributed by atoms with E-state index in [2.05, 4.69) is 6.58 Å². The second-order valence-corrected chi connectivity index (χ2v) is 5.87. The van der Waals surface area contributed by atoms with E-state index in [4.69, 9.17) is 4.74 Å². The Kier molecular flexibility index (Phi) is 3.22. The lowest BCUT2D eigenvalue weighted by molar-refractivity contribution is 0.103. The van der Waals surface area contributed by atoms with Gasteiger partial charge in [-0.25, -0.2) is 8.42 Å². The molecule has 1 saturated heterocycles. The Hall–Kier alpha value is -1.33. The summed E-state index contributed by atoms with van der Waals surface area (Å²) in [4.78, 5) is 0.297. The van der Waals surface area contributed by atoms with Gasteiger partial charge in [-0.15, -0.1) is 0 Å². The minimum Gasteiger partial charge on any atom is -0.373 e. The van der Waals surface area contributed by atoms with Gasteiger partial charge in [-0.1, -0.05) is 24.3 Å². The van der Waals surface area contributed by atoms with Crippen molar-refractivity contribution in [3.8, 4) is 0 Å². The lowest BCUT2D eigenvalue weighted by Gasteiger charge is -2.29. The zero-order valence-electron chi connectivity index (χ0n) is 9.72. The molecule has 5 heteroatoms. The molecule has 92 valence electrons. The molecule has 0 radical (unpaired) electrons. The average molecular weight is 253 g/mol. The molecule has 4 nitrogen and oxygen atoms in total. The lowest BCUT2D eigenvalue weighted by Crippen LogP contribution is -2.38. The van der Waals surface area contributed by atoms with Gasteiger partial charge in [0.25, 0.3) is 10.0 Å². The summed E-state index contributed by atoms with van der Waals surface area (Å²) in [6.45, 7) is 6.65. The summed E-state index contributed by atoms with van der Waals surface area (Å²) in [6, 6.07) is 6.81. The van der Waals surface area contributed by atoms with Gasteiger partial charge in [-0.2, -0.15) is 0 Å². The maximum absolute atomic E-state index is 12.3. The summed E-state index contributed by atoms with van der Waals surface area (Å²) in [5.41, 5.74) is 1.52. The molecule has 1 aliphatic rings. The molecule has 0 amide bonds. The van der Waals surface area contributed by atoms with E-state index < -0.39 is 10.0 Å². The Morgan fingerprint density at radius 1 is 1.29 bits per heavy atom. The fraction of sp³-hybridized carbons (Fsp3) is 0.333. The van der Waals surface area contributed by atoms with Gasteiger partial charge >= 0.3 is 0 Å². The third kappa shape index (κ3) is 2.35. The number of morpholine rings is 1. The van der Waals surface area contributed by atoms with Crippen LogP contribution in [0, 0.1) is 6.92 Å². The molecule has 2 rings (SSSR count). The predicted octanol–water partition coefficient (Wildman–Crippen LogP) is 1.53. The van der Waals surface area contributed by atoms with Crippen molar-refractivity contribution >= 4 is 10.0 Å². The van der Waals surface area contributed by atoms with Crippen molar-refractivity contribution in [2.24, 2.45) is 0 Å². The van der Waals surface area contributed by atoms with Gasteiger partial charge in [0.05, 0.1) is 24.7 Å². The molecule has 1 aromatic rings. The second kappa shape index (κ2) is 4.50. The quantitative estimate of drug-likeness (QED) is 0.803. The van der Waals surface area contributed by atoms with Crippen LogP contribution in [0.3, 0.4) is 0 Å². The molecule has 0 saturated carbocycles. The summed E-state index contributed by atoms with van der Waals surface area (Å²) < 4.78 is 31.1. The molecule has 17 heavy (non-hydrogen) atoms. The molecule has 1 aliphatic heterocycles. The molecule has 1 heterocycles. The van der Waals surface area contributed by atoms with Crippen LogP contribution < -0.4 is 0 Å². The number of aryl methyl sites for hydroxylation is 1. The van der Waals surface area contributed by atoms with Crippen LogP contribution in [0.1, 0.15) is 5.56 Å². The van der Waals surface area contributed by atoms with Crippen LogP contribution >= 0.6 is 0 Å². The summed E-state index contributed by atoms with van der Waals surface area (Å²) in [7, 11) is -3.47. The highest BCUT2D eigenvalue weighted by atomic mass is 32.2. The number of rotatable bonds is 2. The molecule has 0 unspecified atom stereocenters. The van der Waals surface area contributed by atoms with Crippen molar-refractivity contribution < 1.29 is 13.2 Å². The van der Waals surface area contributed by atoms with E-state index in [1.54, 1.807) is 24.3 Å². The standard InChI is InChI=1S/C12H15NO3S/c1-10-3-5-12(6-4-10)17(14,15)13-7-8-16-9-11(13)2/h3-6H,2,7-9H2,1H3. The van der Waals surface area contributed by atoms with Crippen molar-refractivity contribution in [1.29, 1.82) is 0 Å². The van der Waals surface area contributed by atoms with Crippen molar-refractivity contribution in [3.63, 3.8) is 0 Å². The summed E-state index contributed by atoms with van der Waals surface area (Å²) in [6.07, 6.45) is 0. The topological polar surface area (TPSA) is 46.6 Å². The smallest absolute Gasteiger partial charge is 0.264 e. The van der Waals surface area contributed by atoms with Crippen molar-refractivity contribution in [3.05, 3.63) is 42.1 Å². The highest BCUT2D eigenvalue weighted by Crippen LogP contribution is 2.21. The largest absolute Gasteiger partial charge is 0.373 e. The number of hydrogen-bond donors (Lipinski definition) is 0. The Bertz CT molecular complexity index is 519. The zero-order valence-corrected chi connectivity index (χ0v) is 10.5. The van der Waals surface area contributed by atoms with Crippen LogP contribution in [0.4, 0.5) is 0 Å². The highest BCUT2D eigenvalue weighted by Gasteiger charge is 2.27. The minimum absolute atomic E-state index is 0.269. The fourth-order valence-electron chi connectivity index (χ4n) is 1.70. The molecule has 0 N–H and O–H groups in total. The highest BCUT2D eigenvalue weighted by molar-refractivity contribution is 7.89. The van der Waals surface area contributed by atoms with Crippen molar-refractivity contribution in [1.82, 2.24) is 4.31 Å². The Morgan fingerprint density at radius 3 is 2.53 bits per heavy atom. The van der Waals surface area contributed by atoms with Crippen LogP contribution in [0.25, 0.3) is 0 Å². The van der Waals surface area contributed by atoms with E-state index in [0.29, 0.717) is 23.7 Å². The first kappa shape index (κ1) is 12.1.